The minimum absolute atomic E-state index is 0.0959. The standard InChI is InChI=1S/C10H9NO2/c12-10(13)6-7-3-4-9-8(7)2-1-5-11-9/h1-3,5H,4,6H2,(H,12,13). The van der Waals surface area contributed by atoms with Crippen molar-refractivity contribution in [3.63, 3.8) is 0 Å². The molecule has 66 valence electrons. The molecule has 3 nitrogen and oxygen atoms in total. The highest BCUT2D eigenvalue weighted by atomic mass is 16.4. The van der Waals surface area contributed by atoms with Crippen LogP contribution in [0.25, 0.3) is 5.57 Å². The van der Waals surface area contributed by atoms with Crippen molar-refractivity contribution in [2.75, 3.05) is 0 Å². The molecule has 0 spiro atoms. The van der Waals surface area contributed by atoms with Crippen LogP contribution >= 0.6 is 0 Å². The smallest absolute Gasteiger partial charge is 0.307 e. The third-order valence-corrected chi connectivity index (χ3v) is 2.12. The SMILES string of the molecule is O=C(O)CC1=CCc2ncccc21. The second-order valence-electron chi connectivity index (χ2n) is 3.00. The van der Waals surface area contributed by atoms with Gasteiger partial charge < -0.3 is 5.11 Å². The summed E-state index contributed by atoms with van der Waals surface area (Å²) in [6, 6.07) is 3.75. The third kappa shape index (κ3) is 1.45. The monoisotopic (exact) mass is 175 g/mol. The summed E-state index contributed by atoms with van der Waals surface area (Å²) in [5, 5.41) is 8.64. The van der Waals surface area contributed by atoms with E-state index in [1.165, 1.54) is 0 Å². The Kier molecular flexibility index (Phi) is 1.85. The molecule has 13 heavy (non-hydrogen) atoms. The van der Waals surface area contributed by atoms with E-state index >= 15 is 0 Å². The molecule has 0 amide bonds. The molecule has 0 bridgehead atoms. The Morgan fingerprint density at radius 3 is 3.23 bits per heavy atom. The predicted octanol–water partition coefficient (Wildman–Crippen LogP) is 1.50. The summed E-state index contributed by atoms with van der Waals surface area (Å²) in [5.41, 5.74) is 2.86. The third-order valence-electron chi connectivity index (χ3n) is 2.12. The molecule has 0 saturated heterocycles. The molecule has 1 aromatic heterocycles. The Balaban J connectivity index is 2.31. The molecule has 0 unspecified atom stereocenters. The molecule has 2 rings (SSSR count). The molecule has 1 aliphatic rings. The Morgan fingerprint density at radius 1 is 1.62 bits per heavy atom. The number of allylic oxidation sites excluding steroid dienone is 1. The quantitative estimate of drug-likeness (QED) is 0.740. The number of pyridine rings is 1. The number of carboxylic acid groups (broad SMARTS) is 1. The lowest BCUT2D eigenvalue weighted by atomic mass is 10.1. The zero-order valence-corrected chi connectivity index (χ0v) is 7.03. The van der Waals surface area contributed by atoms with Crippen LogP contribution in [-0.4, -0.2) is 16.1 Å². The van der Waals surface area contributed by atoms with Crippen LogP contribution < -0.4 is 0 Å². The number of aliphatic carboxylic acids is 1. The van der Waals surface area contributed by atoms with Gasteiger partial charge in [-0.25, -0.2) is 0 Å². The Labute approximate surface area is 75.7 Å². The van der Waals surface area contributed by atoms with E-state index in [4.69, 9.17) is 5.11 Å². The van der Waals surface area contributed by atoms with Gasteiger partial charge >= 0.3 is 5.97 Å². The molecule has 0 aliphatic heterocycles. The van der Waals surface area contributed by atoms with E-state index in [9.17, 15) is 4.79 Å². The topological polar surface area (TPSA) is 50.2 Å². The van der Waals surface area contributed by atoms with E-state index in [0.717, 1.165) is 23.3 Å². The van der Waals surface area contributed by atoms with Gasteiger partial charge in [0.1, 0.15) is 0 Å². The van der Waals surface area contributed by atoms with Gasteiger partial charge in [0.05, 0.1) is 12.1 Å². The fourth-order valence-corrected chi connectivity index (χ4v) is 1.55. The minimum atomic E-state index is -0.789. The molecule has 0 aromatic carbocycles. The first-order chi connectivity index (χ1) is 6.27. The highest BCUT2D eigenvalue weighted by Crippen LogP contribution is 2.27. The largest absolute Gasteiger partial charge is 0.481 e. The number of aromatic nitrogens is 1. The zero-order valence-electron chi connectivity index (χ0n) is 7.03. The number of hydrogen-bond donors (Lipinski definition) is 1. The Morgan fingerprint density at radius 2 is 2.46 bits per heavy atom. The number of carboxylic acids is 1. The number of hydrogen-bond acceptors (Lipinski definition) is 2. The molecule has 1 heterocycles. The first-order valence-corrected chi connectivity index (χ1v) is 4.12. The van der Waals surface area contributed by atoms with Gasteiger partial charge in [0.15, 0.2) is 0 Å². The molecule has 0 atom stereocenters. The number of fused-ring (bicyclic) bond motifs is 1. The van der Waals surface area contributed by atoms with E-state index in [1.807, 2.05) is 18.2 Å². The molecule has 1 aliphatic carbocycles. The molecule has 1 N–H and O–H groups in total. The Bertz CT molecular complexity index is 382. The van der Waals surface area contributed by atoms with Crippen LogP contribution in [0.5, 0.6) is 0 Å². The van der Waals surface area contributed by atoms with Crippen LogP contribution in [-0.2, 0) is 11.2 Å². The molecule has 1 aromatic rings. The van der Waals surface area contributed by atoms with E-state index in [-0.39, 0.29) is 6.42 Å². The average Bonchev–Trinajstić information content (AvgIpc) is 2.48. The number of rotatable bonds is 2. The fourth-order valence-electron chi connectivity index (χ4n) is 1.55. The molecule has 3 heteroatoms. The van der Waals surface area contributed by atoms with Crippen LogP contribution in [0, 0.1) is 0 Å². The lowest BCUT2D eigenvalue weighted by Crippen LogP contribution is -1.96. The first kappa shape index (κ1) is 7.98. The Hall–Kier alpha value is -1.64. The summed E-state index contributed by atoms with van der Waals surface area (Å²) in [5.74, 6) is -0.789. The minimum Gasteiger partial charge on any atom is -0.481 e. The number of nitrogens with zero attached hydrogens (tertiary/aromatic N) is 1. The molecular formula is C10H9NO2. The second kappa shape index (κ2) is 3.01. The van der Waals surface area contributed by atoms with Crippen molar-refractivity contribution in [2.45, 2.75) is 12.8 Å². The van der Waals surface area contributed by atoms with Crippen molar-refractivity contribution in [1.29, 1.82) is 0 Å². The van der Waals surface area contributed by atoms with E-state index in [0.29, 0.717) is 0 Å². The second-order valence-corrected chi connectivity index (χ2v) is 3.00. The summed E-state index contributed by atoms with van der Waals surface area (Å²) < 4.78 is 0. The van der Waals surface area contributed by atoms with Gasteiger partial charge in [-0.2, -0.15) is 0 Å². The van der Waals surface area contributed by atoms with Crippen LogP contribution in [0.3, 0.4) is 0 Å². The van der Waals surface area contributed by atoms with Gasteiger partial charge in [0.2, 0.25) is 0 Å². The van der Waals surface area contributed by atoms with Gasteiger partial charge in [-0.05, 0) is 17.2 Å². The van der Waals surface area contributed by atoms with E-state index < -0.39 is 5.97 Å². The van der Waals surface area contributed by atoms with Gasteiger partial charge in [-0.15, -0.1) is 0 Å². The fraction of sp³-hybridized carbons (Fsp3) is 0.200. The van der Waals surface area contributed by atoms with E-state index in [1.54, 1.807) is 6.20 Å². The maximum atomic E-state index is 10.5. The van der Waals surface area contributed by atoms with Gasteiger partial charge in [0, 0.05) is 12.6 Å². The van der Waals surface area contributed by atoms with Gasteiger partial charge in [-0.3, -0.25) is 9.78 Å². The van der Waals surface area contributed by atoms with Crippen LogP contribution in [0.15, 0.2) is 24.4 Å². The van der Waals surface area contributed by atoms with Crippen LogP contribution in [0.4, 0.5) is 0 Å². The highest BCUT2D eigenvalue weighted by molar-refractivity contribution is 5.86. The zero-order chi connectivity index (χ0) is 9.26. The lowest BCUT2D eigenvalue weighted by Gasteiger charge is -2.00. The van der Waals surface area contributed by atoms with Crippen LogP contribution in [0.1, 0.15) is 17.7 Å². The summed E-state index contributed by atoms with van der Waals surface area (Å²) in [7, 11) is 0. The van der Waals surface area contributed by atoms with Crippen molar-refractivity contribution < 1.29 is 9.90 Å². The maximum Gasteiger partial charge on any atom is 0.307 e. The first-order valence-electron chi connectivity index (χ1n) is 4.12. The summed E-state index contributed by atoms with van der Waals surface area (Å²) in [4.78, 5) is 14.7. The van der Waals surface area contributed by atoms with Crippen LogP contribution in [0.2, 0.25) is 0 Å². The highest BCUT2D eigenvalue weighted by Gasteiger charge is 2.16. The predicted molar refractivity (Wildman–Crippen MR) is 48.2 cm³/mol. The van der Waals surface area contributed by atoms with Crippen molar-refractivity contribution >= 4 is 11.5 Å². The lowest BCUT2D eigenvalue weighted by molar-refractivity contribution is -0.135. The number of carbonyl (C=O) groups is 1. The molecule has 0 fully saturated rings. The molecule has 0 saturated carbocycles. The van der Waals surface area contributed by atoms with E-state index in [2.05, 4.69) is 4.98 Å². The van der Waals surface area contributed by atoms with Crippen molar-refractivity contribution in [3.05, 3.63) is 35.7 Å². The van der Waals surface area contributed by atoms with Crippen molar-refractivity contribution in [3.8, 4) is 0 Å². The summed E-state index contributed by atoms with van der Waals surface area (Å²) in [6.45, 7) is 0. The van der Waals surface area contributed by atoms with Gasteiger partial charge in [0.25, 0.3) is 0 Å². The van der Waals surface area contributed by atoms with Crippen molar-refractivity contribution in [1.82, 2.24) is 4.98 Å². The maximum absolute atomic E-state index is 10.5. The summed E-state index contributed by atoms with van der Waals surface area (Å²) >= 11 is 0. The average molecular weight is 175 g/mol. The summed E-state index contributed by atoms with van der Waals surface area (Å²) in [6.07, 6.45) is 4.53. The molecular weight excluding hydrogens is 166 g/mol. The normalized spacial score (nSPS) is 13.7. The molecule has 0 radical (unpaired) electrons. The van der Waals surface area contributed by atoms with Gasteiger partial charge in [-0.1, -0.05) is 12.1 Å². The van der Waals surface area contributed by atoms with Crippen molar-refractivity contribution in [2.24, 2.45) is 0 Å².